The van der Waals surface area contributed by atoms with E-state index < -0.39 is 0 Å². The van der Waals surface area contributed by atoms with Crippen molar-refractivity contribution in [1.82, 2.24) is 19.7 Å². The van der Waals surface area contributed by atoms with Crippen molar-refractivity contribution in [2.45, 2.75) is 25.2 Å². The number of nitrogens with one attached hydrogen (secondary N) is 1. The molecule has 2 aromatic rings. The third-order valence-corrected chi connectivity index (χ3v) is 5.66. The Hall–Kier alpha value is -1.17. The fraction of sp³-hybridized carbons (Fsp3) is 0.471. The number of anilines is 1. The second-order valence-corrected chi connectivity index (χ2v) is 8.07. The van der Waals surface area contributed by atoms with Crippen LogP contribution >= 0.6 is 34.4 Å². The van der Waals surface area contributed by atoms with Crippen LogP contribution in [0, 0.1) is 3.57 Å². The average Bonchev–Trinajstić information content (AvgIpc) is 3.02. The van der Waals surface area contributed by atoms with E-state index >= 15 is 0 Å². The van der Waals surface area contributed by atoms with E-state index in [9.17, 15) is 4.79 Å². The Morgan fingerprint density at radius 3 is 2.88 bits per heavy atom. The van der Waals surface area contributed by atoms with Crippen LogP contribution in [0.4, 0.5) is 5.69 Å². The maximum Gasteiger partial charge on any atom is 0.234 e. The number of aromatic nitrogens is 3. The summed E-state index contributed by atoms with van der Waals surface area (Å²) < 4.78 is 8.56. The molecule has 2 heterocycles. The molecule has 1 N–H and O–H groups in total. The molecule has 0 saturated carbocycles. The lowest BCUT2D eigenvalue weighted by atomic mass is 10.3. The Balaban J connectivity index is 1.56. The fourth-order valence-corrected chi connectivity index (χ4v) is 4.08. The predicted octanol–water partition coefficient (Wildman–Crippen LogP) is 2.47. The second kappa shape index (κ2) is 9.67. The van der Waals surface area contributed by atoms with Gasteiger partial charge in [-0.1, -0.05) is 17.8 Å². The van der Waals surface area contributed by atoms with Crippen LogP contribution in [0.25, 0.3) is 0 Å². The van der Waals surface area contributed by atoms with Crippen LogP contribution in [0.3, 0.4) is 0 Å². The van der Waals surface area contributed by atoms with Gasteiger partial charge in [0.05, 0.1) is 25.5 Å². The highest BCUT2D eigenvalue weighted by molar-refractivity contribution is 14.1. The van der Waals surface area contributed by atoms with Crippen molar-refractivity contribution in [1.29, 1.82) is 0 Å². The van der Waals surface area contributed by atoms with Crippen molar-refractivity contribution in [3.63, 3.8) is 0 Å². The standard InChI is InChI=1S/C17H22IN5O2S/c1-2-23-15(11-22-6-8-25-9-7-22)20-21-17(23)26-12-16(24)19-14-5-3-4-13(18)10-14/h3-5,10H,2,6-9,11-12H2,1H3,(H,19,24). The van der Waals surface area contributed by atoms with E-state index in [0.717, 1.165) is 59.6 Å². The van der Waals surface area contributed by atoms with Crippen LogP contribution in [0.15, 0.2) is 29.4 Å². The fourth-order valence-electron chi connectivity index (χ4n) is 2.71. The highest BCUT2D eigenvalue weighted by Crippen LogP contribution is 2.19. The molecule has 140 valence electrons. The molecule has 1 aromatic heterocycles. The molecular formula is C17H22IN5O2S. The van der Waals surface area contributed by atoms with Crippen LogP contribution < -0.4 is 5.32 Å². The number of hydrogen-bond acceptors (Lipinski definition) is 6. The predicted molar refractivity (Wildman–Crippen MR) is 110 cm³/mol. The zero-order valence-corrected chi connectivity index (χ0v) is 17.6. The summed E-state index contributed by atoms with van der Waals surface area (Å²) in [6.07, 6.45) is 0. The smallest absolute Gasteiger partial charge is 0.234 e. The summed E-state index contributed by atoms with van der Waals surface area (Å²) in [6, 6.07) is 7.75. The molecule has 0 aliphatic carbocycles. The van der Waals surface area contributed by atoms with Gasteiger partial charge in [0, 0.05) is 28.9 Å². The number of nitrogens with zero attached hydrogens (tertiary/aromatic N) is 4. The molecule has 0 spiro atoms. The van der Waals surface area contributed by atoms with Crippen molar-refractivity contribution in [3.05, 3.63) is 33.7 Å². The van der Waals surface area contributed by atoms with Gasteiger partial charge in [0.15, 0.2) is 5.16 Å². The highest BCUT2D eigenvalue weighted by atomic mass is 127. The minimum absolute atomic E-state index is 0.0441. The third kappa shape index (κ3) is 5.41. The Morgan fingerprint density at radius 1 is 1.35 bits per heavy atom. The molecule has 1 aliphatic heterocycles. The normalized spacial score (nSPS) is 15.2. The summed E-state index contributed by atoms with van der Waals surface area (Å²) in [6.45, 7) is 6.98. The van der Waals surface area contributed by atoms with E-state index in [2.05, 4.69) is 54.5 Å². The van der Waals surface area contributed by atoms with Crippen LogP contribution in [0.1, 0.15) is 12.7 Å². The number of ether oxygens (including phenoxy) is 1. The van der Waals surface area contributed by atoms with Crippen molar-refractivity contribution < 1.29 is 9.53 Å². The maximum atomic E-state index is 12.2. The second-order valence-electron chi connectivity index (χ2n) is 5.88. The first-order chi connectivity index (χ1) is 12.7. The van der Waals surface area contributed by atoms with Crippen molar-refractivity contribution in [2.24, 2.45) is 0 Å². The molecular weight excluding hydrogens is 465 g/mol. The zero-order chi connectivity index (χ0) is 18.4. The summed E-state index contributed by atoms with van der Waals surface area (Å²) in [5.74, 6) is 1.20. The van der Waals surface area contributed by atoms with E-state index in [1.165, 1.54) is 11.8 Å². The number of rotatable bonds is 7. The molecule has 0 unspecified atom stereocenters. The molecule has 0 atom stereocenters. The molecule has 9 heteroatoms. The van der Waals surface area contributed by atoms with Gasteiger partial charge < -0.3 is 14.6 Å². The van der Waals surface area contributed by atoms with E-state index in [4.69, 9.17) is 4.74 Å². The Bertz CT molecular complexity index is 749. The van der Waals surface area contributed by atoms with Gasteiger partial charge in [0.2, 0.25) is 5.91 Å². The van der Waals surface area contributed by atoms with E-state index in [0.29, 0.717) is 5.75 Å². The summed E-state index contributed by atoms with van der Waals surface area (Å²) in [4.78, 5) is 14.5. The molecule has 7 nitrogen and oxygen atoms in total. The van der Waals surface area contributed by atoms with Gasteiger partial charge in [-0.25, -0.2) is 0 Å². The van der Waals surface area contributed by atoms with Gasteiger partial charge in [-0.3, -0.25) is 9.69 Å². The minimum atomic E-state index is -0.0441. The number of carbonyl (C=O) groups is 1. The van der Waals surface area contributed by atoms with Gasteiger partial charge >= 0.3 is 0 Å². The Kier molecular flexibility index (Phi) is 7.29. The number of amides is 1. The summed E-state index contributed by atoms with van der Waals surface area (Å²) in [7, 11) is 0. The highest BCUT2D eigenvalue weighted by Gasteiger charge is 2.17. The van der Waals surface area contributed by atoms with Crippen LogP contribution in [0.5, 0.6) is 0 Å². The SMILES string of the molecule is CCn1c(CN2CCOCC2)nnc1SCC(=O)Nc1cccc(I)c1. The van der Waals surface area contributed by atoms with E-state index in [-0.39, 0.29) is 5.91 Å². The van der Waals surface area contributed by atoms with Crippen molar-refractivity contribution in [3.8, 4) is 0 Å². The lowest BCUT2D eigenvalue weighted by Gasteiger charge is -2.26. The molecule has 1 aliphatic rings. The molecule has 0 radical (unpaired) electrons. The molecule has 3 rings (SSSR count). The number of thioether (sulfide) groups is 1. The maximum absolute atomic E-state index is 12.2. The van der Waals surface area contributed by atoms with Crippen LogP contribution in [0.2, 0.25) is 0 Å². The summed E-state index contributed by atoms with van der Waals surface area (Å²) >= 11 is 3.65. The topological polar surface area (TPSA) is 72.3 Å². The number of carbonyl (C=O) groups excluding carboxylic acids is 1. The van der Waals surface area contributed by atoms with E-state index in [1.807, 2.05) is 24.3 Å². The third-order valence-electron chi connectivity index (χ3n) is 4.02. The van der Waals surface area contributed by atoms with Gasteiger partial charge in [-0.15, -0.1) is 10.2 Å². The average molecular weight is 487 g/mol. The van der Waals surface area contributed by atoms with Crippen LogP contribution in [-0.2, 0) is 22.6 Å². The number of morpholine rings is 1. The quantitative estimate of drug-likeness (QED) is 0.478. The number of halogens is 1. The first kappa shape index (κ1) is 19.6. The molecule has 1 saturated heterocycles. The van der Waals surface area contributed by atoms with Crippen molar-refractivity contribution >= 4 is 45.9 Å². The van der Waals surface area contributed by atoms with Gasteiger partial charge in [-0.05, 0) is 47.7 Å². The van der Waals surface area contributed by atoms with Gasteiger partial charge in [0.1, 0.15) is 5.82 Å². The lowest BCUT2D eigenvalue weighted by Crippen LogP contribution is -2.36. The minimum Gasteiger partial charge on any atom is -0.379 e. The van der Waals surface area contributed by atoms with Gasteiger partial charge in [-0.2, -0.15) is 0 Å². The Labute approximate surface area is 171 Å². The summed E-state index contributed by atoms with van der Waals surface area (Å²) in [5, 5.41) is 12.3. The monoisotopic (exact) mass is 487 g/mol. The van der Waals surface area contributed by atoms with Gasteiger partial charge in [0.25, 0.3) is 0 Å². The first-order valence-electron chi connectivity index (χ1n) is 8.56. The summed E-state index contributed by atoms with van der Waals surface area (Å²) in [5.41, 5.74) is 0.812. The van der Waals surface area contributed by atoms with Crippen LogP contribution in [-0.4, -0.2) is 57.6 Å². The van der Waals surface area contributed by atoms with E-state index in [1.54, 1.807) is 0 Å². The largest absolute Gasteiger partial charge is 0.379 e. The molecule has 1 aromatic carbocycles. The molecule has 1 fully saturated rings. The molecule has 1 amide bonds. The zero-order valence-electron chi connectivity index (χ0n) is 14.7. The Morgan fingerprint density at radius 2 is 2.15 bits per heavy atom. The molecule has 26 heavy (non-hydrogen) atoms. The molecule has 0 bridgehead atoms. The van der Waals surface area contributed by atoms with Crippen molar-refractivity contribution in [2.75, 3.05) is 37.4 Å². The first-order valence-corrected chi connectivity index (χ1v) is 10.6. The number of benzene rings is 1. The number of hydrogen-bond donors (Lipinski definition) is 1. The lowest BCUT2D eigenvalue weighted by molar-refractivity contribution is -0.113.